The second-order valence-electron chi connectivity index (χ2n) is 7.51. The first-order chi connectivity index (χ1) is 9.39. The van der Waals surface area contributed by atoms with E-state index in [9.17, 15) is 0 Å². The smallest absolute Gasteiger partial charge is 0.0304 e. The molecule has 0 amide bonds. The quantitative estimate of drug-likeness (QED) is 0.754. The fraction of sp³-hybridized carbons (Fsp3) is 1.00. The summed E-state index contributed by atoms with van der Waals surface area (Å²) in [5.41, 5.74) is 0.351. The van der Waals surface area contributed by atoms with Crippen LogP contribution in [0.5, 0.6) is 0 Å². The molecule has 1 aliphatic heterocycles. The first-order valence-corrected chi connectivity index (χ1v) is 8.88. The molecule has 1 N–H and O–H groups in total. The summed E-state index contributed by atoms with van der Waals surface area (Å²) in [4.78, 5) is 2.80. The maximum atomic E-state index is 3.85. The molecule has 2 nitrogen and oxygen atoms in total. The lowest BCUT2D eigenvalue weighted by Gasteiger charge is -2.49. The Balaban J connectivity index is 2.81. The zero-order chi connectivity index (χ0) is 15.3. The summed E-state index contributed by atoms with van der Waals surface area (Å²) >= 11 is 0. The van der Waals surface area contributed by atoms with E-state index in [1.807, 2.05) is 0 Å². The normalized spacial score (nSPS) is 24.0. The van der Waals surface area contributed by atoms with Crippen molar-refractivity contribution in [3.63, 3.8) is 0 Å². The van der Waals surface area contributed by atoms with Crippen molar-refractivity contribution < 1.29 is 0 Å². The highest BCUT2D eigenvalue weighted by Gasteiger charge is 2.37. The number of nitrogens with zero attached hydrogens (tertiary/aromatic N) is 1. The van der Waals surface area contributed by atoms with Crippen LogP contribution in [0, 0.1) is 17.8 Å². The monoisotopic (exact) mass is 282 g/mol. The van der Waals surface area contributed by atoms with Gasteiger partial charge in [0.2, 0.25) is 0 Å². The average molecular weight is 283 g/mol. The molecule has 2 heteroatoms. The summed E-state index contributed by atoms with van der Waals surface area (Å²) in [6, 6.07) is 0.723. The lowest BCUT2D eigenvalue weighted by atomic mass is 9.82. The molecule has 1 heterocycles. The Bertz CT molecular complexity index is 261. The Morgan fingerprint density at radius 2 is 1.60 bits per heavy atom. The molecule has 0 radical (unpaired) electrons. The van der Waals surface area contributed by atoms with Crippen molar-refractivity contribution in [1.82, 2.24) is 10.2 Å². The lowest BCUT2D eigenvalue weighted by molar-refractivity contribution is 0.0417. The van der Waals surface area contributed by atoms with Gasteiger partial charge in [-0.05, 0) is 37.0 Å². The molecule has 1 atom stereocenters. The van der Waals surface area contributed by atoms with Crippen molar-refractivity contribution in [2.24, 2.45) is 17.8 Å². The maximum Gasteiger partial charge on any atom is 0.0304 e. The summed E-state index contributed by atoms with van der Waals surface area (Å²) in [5.74, 6) is 2.37. The zero-order valence-corrected chi connectivity index (χ0v) is 15.0. The molecule has 0 bridgehead atoms. The van der Waals surface area contributed by atoms with Crippen molar-refractivity contribution in [1.29, 1.82) is 0 Å². The van der Waals surface area contributed by atoms with Gasteiger partial charge in [-0.3, -0.25) is 4.90 Å². The van der Waals surface area contributed by atoms with Crippen molar-refractivity contribution in [2.75, 3.05) is 19.6 Å². The summed E-state index contributed by atoms with van der Waals surface area (Å²) in [6.07, 6.45) is 3.74. The predicted octanol–water partition coefficient (Wildman–Crippen LogP) is 4.16. The van der Waals surface area contributed by atoms with Crippen molar-refractivity contribution in [3.05, 3.63) is 0 Å². The minimum atomic E-state index is 0.351. The number of rotatable bonds is 7. The highest BCUT2D eigenvalue weighted by molar-refractivity contribution is 4.97. The van der Waals surface area contributed by atoms with Crippen LogP contribution in [0.25, 0.3) is 0 Å². The largest absolute Gasteiger partial charge is 0.308 e. The van der Waals surface area contributed by atoms with Crippen LogP contribution in [0.4, 0.5) is 0 Å². The molecule has 20 heavy (non-hydrogen) atoms. The van der Waals surface area contributed by atoms with Crippen molar-refractivity contribution in [2.45, 2.75) is 79.3 Å². The van der Waals surface area contributed by atoms with Gasteiger partial charge in [-0.15, -0.1) is 0 Å². The summed E-state index contributed by atoms with van der Waals surface area (Å²) in [7, 11) is 0. The third kappa shape index (κ3) is 4.21. The molecule has 1 fully saturated rings. The molecule has 0 saturated carbocycles. The van der Waals surface area contributed by atoms with Gasteiger partial charge in [-0.25, -0.2) is 0 Å². The summed E-state index contributed by atoms with van der Waals surface area (Å²) < 4.78 is 0. The van der Waals surface area contributed by atoms with Crippen molar-refractivity contribution in [3.8, 4) is 0 Å². The average Bonchev–Trinajstić information content (AvgIpc) is 2.43. The Hall–Kier alpha value is -0.0800. The molecule has 0 aromatic carbocycles. The molecule has 1 aliphatic rings. The van der Waals surface area contributed by atoms with Gasteiger partial charge in [0.05, 0.1) is 0 Å². The Morgan fingerprint density at radius 1 is 1.05 bits per heavy atom. The van der Waals surface area contributed by atoms with Crippen LogP contribution in [-0.4, -0.2) is 36.1 Å². The first kappa shape index (κ1) is 18.0. The zero-order valence-electron chi connectivity index (χ0n) is 15.0. The van der Waals surface area contributed by atoms with Gasteiger partial charge < -0.3 is 5.32 Å². The number of nitrogens with one attached hydrogen (secondary N) is 1. The Labute approximate surface area is 127 Å². The van der Waals surface area contributed by atoms with Gasteiger partial charge in [-0.1, -0.05) is 48.5 Å². The van der Waals surface area contributed by atoms with Gasteiger partial charge in [0.15, 0.2) is 0 Å². The van der Waals surface area contributed by atoms with E-state index in [4.69, 9.17) is 0 Å². The molecule has 0 aromatic rings. The SMILES string of the molecule is CCC1CNC(CC)(CC)CN1CC(C(C)C)C(C)C. The minimum Gasteiger partial charge on any atom is -0.308 e. The second-order valence-corrected chi connectivity index (χ2v) is 7.51. The number of hydrogen-bond acceptors (Lipinski definition) is 2. The highest BCUT2D eigenvalue weighted by Crippen LogP contribution is 2.28. The fourth-order valence-corrected chi connectivity index (χ4v) is 3.84. The standard InChI is InChI=1S/C18H38N2/c1-8-16-11-19-18(9-2,10-3)13-20(16)12-17(14(4)5)15(6)7/h14-17,19H,8-13H2,1-7H3. The molecule has 0 aromatic heterocycles. The van der Waals surface area contributed by atoms with E-state index in [-0.39, 0.29) is 0 Å². The van der Waals surface area contributed by atoms with Crippen molar-refractivity contribution >= 4 is 0 Å². The van der Waals surface area contributed by atoms with Crippen LogP contribution in [0.3, 0.4) is 0 Å². The molecule has 1 rings (SSSR count). The Morgan fingerprint density at radius 3 is 2.00 bits per heavy atom. The van der Waals surface area contributed by atoms with Crippen LogP contribution in [-0.2, 0) is 0 Å². The molecule has 120 valence electrons. The van der Waals surface area contributed by atoms with Gasteiger partial charge in [0, 0.05) is 31.2 Å². The fourth-order valence-electron chi connectivity index (χ4n) is 3.84. The van der Waals surface area contributed by atoms with E-state index in [0.29, 0.717) is 5.54 Å². The van der Waals surface area contributed by atoms with Gasteiger partial charge in [0.1, 0.15) is 0 Å². The molecular weight excluding hydrogens is 244 g/mol. The van der Waals surface area contributed by atoms with Crippen LogP contribution in [0.2, 0.25) is 0 Å². The van der Waals surface area contributed by atoms with E-state index in [1.54, 1.807) is 0 Å². The van der Waals surface area contributed by atoms with Gasteiger partial charge in [-0.2, -0.15) is 0 Å². The van der Waals surface area contributed by atoms with E-state index in [0.717, 1.165) is 23.8 Å². The molecule has 1 saturated heterocycles. The number of hydrogen-bond donors (Lipinski definition) is 1. The molecule has 0 spiro atoms. The van der Waals surface area contributed by atoms with Crippen LogP contribution >= 0.6 is 0 Å². The molecule has 0 aliphatic carbocycles. The van der Waals surface area contributed by atoms with Crippen LogP contribution in [0.15, 0.2) is 0 Å². The molecular formula is C18H38N2. The van der Waals surface area contributed by atoms with Crippen LogP contribution in [0.1, 0.15) is 67.7 Å². The topological polar surface area (TPSA) is 15.3 Å². The van der Waals surface area contributed by atoms with E-state index in [1.165, 1.54) is 38.9 Å². The van der Waals surface area contributed by atoms with Gasteiger partial charge >= 0.3 is 0 Å². The lowest BCUT2D eigenvalue weighted by Crippen LogP contribution is -2.64. The molecule has 1 unspecified atom stereocenters. The highest BCUT2D eigenvalue weighted by atomic mass is 15.3. The van der Waals surface area contributed by atoms with Gasteiger partial charge in [0.25, 0.3) is 0 Å². The third-order valence-corrected chi connectivity index (χ3v) is 5.72. The van der Waals surface area contributed by atoms with E-state index < -0.39 is 0 Å². The van der Waals surface area contributed by atoms with Crippen LogP contribution < -0.4 is 5.32 Å². The predicted molar refractivity (Wildman–Crippen MR) is 90.1 cm³/mol. The minimum absolute atomic E-state index is 0.351. The summed E-state index contributed by atoms with van der Waals surface area (Å²) in [5, 5.41) is 3.85. The summed E-state index contributed by atoms with van der Waals surface area (Å²) in [6.45, 7) is 20.2. The second kappa shape index (κ2) is 7.79. The van der Waals surface area contributed by atoms with E-state index >= 15 is 0 Å². The maximum absolute atomic E-state index is 3.85. The van der Waals surface area contributed by atoms with E-state index in [2.05, 4.69) is 58.7 Å². The first-order valence-electron chi connectivity index (χ1n) is 8.88. The third-order valence-electron chi connectivity index (χ3n) is 5.72. The Kier molecular flexibility index (Phi) is 7.00. The number of piperazine rings is 1.